The van der Waals surface area contributed by atoms with Crippen molar-refractivity contribution in [1.29, 1.82) is 0 Å². The van der Waals surface area contributed by atoms with E-state index in [1.807, 2.05) is 12.1 Å². The molecule has 1 aromatic rings. The molecule has 0 aromatic heterocycles. The molecule has 2 nitrogen and oxygen atoms in total. The van der Waals surface area contributed by atoms with E-state index in [-0.39, 0.29) is 0 Å². The number of hydrogen-bond donors (Lipinski definition) is 0. The van der Waals surface area contributed by atoms with Gasteiger partial charge in [0.15, 0.2) is 0 Å². The molecule has 0 N–H and O–H groups in total. The summed E-state index contributed by atoms with van der Waals surface area (Å²) in [5.74, 6) is 1.29. The van der Waals surface area contributed by atoms with Crippen LogP contribution in [0.15, 0.2) is 48.8 Å². The lowest BCUT2D eigenvalue weighted by atomic mass is 9.97. The van der Waals surface area contributed by atoms with Gasteiger partial charge in [-0.3, -0.25) is 0 Å². The van der Waals surface area contributed by atoms with E-state index in [1.165, 1.54) is 5.56 Å². The van der Waals surface area contributed by atoms with Crippen molar-refractivity contribution in [3.63, 3.8) is 0 Å². The van der Waals surface area contributed by atoms with Crippen LogP contribution in [0.25, 0.3) is 0 Å². The van der Waals surface area contributed by atoms with Gasteiger partial charge in [0.2, 0.25) is 0 Å². The van der Waals surface area contributed by atoms with Gasteiger partial charge in [0, 0.05) is 24.9 Å². The molecule has 0 spiro atoms. The molecule has 0 fully saturated rings. The molecule has 0 atom stereocenters. The van der Waals surface area contributed by atoms with Gasteiger partial charge in [-0.2, -0.15) is 0 Å². The van der Waals surface area contributed by atoms with E-state index in [0.29, 0.717) is 5.92 Å². The normalized spacial score (nSPS) is 15.5. The van der Waals surface area contributed by atoms with E-state index in [0.717, 1.165) is 12.3 Å². The minimum Gasteiger partial charge on any atom is -0.497 e. The predicted molar refractivity (Wildman–Crippen MR) is 66.4 cm³/mol. The van der Waals surface area contributed by atoms with Crippen LogP contribution in [0.4, 0.5) is 0 Å². The largest absolute Gasteiger partial charge is 0.497 e. The average molecular weight is 215 g/mol. The lowest BCUT2D eigenvalue weighted by Crippen LogP contribution is -2.12. The van der Waals surface area contributed by atoms with Crippen LogP contribution in [0.2, 0.25) is 0 Å². The Kier molecular flexibility index (Phi) is 3.30. The van der Waals surface area contributed by atoms with Gasteiger partial charge < -0.3 is 9.64 Å². The van der Waals surface area contributed by atoms with E-state index in [4.69, 9.17) is 4.74 Å². The van der Waals surface area contributed by atoms with Crippen LogP contribution in [-0.4, -0.2) is 18.6 Å². The van der Waals surface area contributed by atoms with Gasteiger partial charge in [0.25, 0.3) is 0 Å². The summed E-state index contributed by atoms with van der Waals surface area (Å²) in [6, 6.07) is 8.23. The lowest BCUT2D eigenvalue weighted by molar-refractivity contribution is 0.414. The van der Waals surface area contributed by atoms with Crippen molar-refractivity contribution in [3.8, 4) is 5.75 Å². The summed E-state index contributed by atoms with van der Waals surface area (Å²) < 4.78 is 5.15. The Morgan fingerprint density at radius 1 is 1.12 bits per heavy atom. The molecule has 1 aliphatic rings. The van der Waals surface area contributed by atoms with Gasteiger partial charge in [0.05, 0.1) is 7.11 Å². The summed E-state index contributed by atoms with van der Waals surface area (Å²) in [5.41, 5.74) is 1.30. The average Bonchev–Trinajstić information content (AvgIpc) is 2.39. The maximum absolute atomic E-state index is 5.15. The maximum atomic E-state index is 5.15. The number of nitrogens with zero attached hydrogens (tertiary/aromatic N) is 1. The first kappa shape index (κ1) is 10.8. The van der Waals surface area contributed by atoms with Crippen molar-refractivity contribution in [3.05, 3.63) is 54.4 Å². The molecular weight excluding hydrogens is 198 g/mol. The molecule has 0 radical (unpaired) electrons. The quantitative estimate of drug-likeness (QED) is 0.768. The van der Waals surface area contributed by atoms with Gasteiger partial charge in [-0.05, 0) is 24.6 Å². The molecule has 0 amide bonds. The third-order valence-corrected chi connectivity index (χ3v) is 2.84. The molecule has 84 valence electrons. The Labute approximate surface area is 96.8 Å². The summed E-state index contributed by atoms with van der Waals surface area (Å²) in [7, 11) is 1.69. The highest BCUT2D eigenvalue weighted by atomic mass is 16.5. The Bertz CT molecular complexity index is 378. The minimum atomic E-state index is 0.383. The van der Waals surface area contributed by atoms with Crippen LogP contribution in [0.5, 0.6) is 5.75 Å². The smallest absolute Gasteiger partial charge is 0.118 e. The summed E-state index contributed by atoms with van der Waals surface area (Å²) in [6.07, 6.45) is 8.69. The third-order valence-electron chi connectivity index (χ3n) is 2.84. The van der Waals surface area contributed by atoms with Crippen molar-refractivity contribution in [2.24, 2.45) is 0 Å². The molecular formula is C14H17NO. The predicted octanol–water partition coefficient (Wildman–Crippen LogP) is 3.14. The van der Waals surface area contributed by atoms with Gasteiger partial charge >= 0.3 is 0 Å². The zero-order chi connectivity index (χ0) is 11.4. The van der Waals surface area contributed by atoms with Crippen LogP contribution in [0.1, 0.15) is 18.4 Å². The summed E-state index contributed by atoms with van der Waals surface area (Å²) in [5, 5.41) is 0. The molecule has 2 rings (SSSR count). The molecule has 16 heavy (non-hydrogen) atoms. The summed E-state index contributed by atoms with van der Waals surface area (Å²) in [4.78, 5) is 2.17. The molecule has 0 aliphatic carbocycles. The van der Waals surface area contributed by atoms with Crippen LogP contribution < -0.4 is 4.74 Å². The Morgan fingerprint density at radius 2 is 1.75 bits per heavy atom. The monoisotopic (exact) mass is 215 g/mol. The summed E-state index contributed by atoms with van der Waals surface area (Å²) >= 11 is 0. The Hall–Kier alpha value is -1.70. The van der Waals surface area contributed by atoms with E-state index >= 15 is 0 Å². The van der Waals surface area contributed by atoms with Gasteiger partial charge in [0.1, 0.15) is 5.75 Å². The number of benzene rings is 1. The molecule has 1 aliphatic heterocycles. The molecule has 1 heterocycles. The Balaban J connectivity index is 2.11. The molecule has 0 bridgehead atoms. The van der Waals surface area contributed by atoms with Crippen molar-refractivity contribution in [1.82, 2.24) is 4.90 Å². The van der Waals surface area contributed by atoms with E-state index in [1.54, 1.807) is 7.11 Å². The fourth-order valence-electron chi connectivity index (χ4n) is 1.78. The number of rotatable bonds is 3. The fraction of sp³-hybridized carbons (Fsp3) is 0.286. The van der Waals surface area contributed by atoms with E-state index in [2.05, 4.69) is 48.5 Å². The zero-order valence-corrected chi connectivity index (χ0v) is 9.76. The number of ether oxygens (including phenoxy) is 1. The topological polar surface area (TPSA) is 12.5 Å². The first-order valence-electron chi connectivity index (χ1n) is 5.60. The number of methoxy groups -OCH3 is 1. The summed E-state index contributed by atoms with van der Waals surface area (Å²) in [6.45, 7) is 3.16. The zero-order valence-electron chi connectivity index (χ0n) is 9.76. The van der Waals surface area contributed by atoms with Gasteiger partial charge in [-0.1, -0.05) is 24.3 Å². The highest BCUT2D eigenvalue weighted by Gasteiger charge is 2.08. The van der Waals surface area contributed by atoms with Crippen LogP contribution >= 0.6 is 0 Å². The molecule has 2 heteroatoms. The highest BCUT2D eigenvalue weighted by Crippen LogP contribution is 2.24. The Morgan fingerprint density at radius 3 is 2.25 bits per heavy atom. The maximum Gasteiger partial charge on any atom is 0.118 e. The second-order valence-corrected chi connectivity index (χ2v) is 3.81. The van der Waals surface area contributed by atoms with Crippen molar-refractivity contribution >= 4 is 0 Å². The van der Waals surface area contributed by atoms with Crippen LogP contribution in [0, 0.1) is 0 Å². The minimum absolute atomic E-state index is 0.383. The standard InChI is InChI=1S/C14H17NO/c1-3-15-10-8-13(9-11-15)12-4-6-14(16-2)7-5-12/h4-11,13H,3H2,1-2H3. The first-order valence-corrected chi connectivity index (χ1v) is 5.60. The first-order chi connectivity index (χ1) is 7.83. The molecule has 0 unspecified atom stereocenters. The van der Waals surface area contributed by atoms with Crippen molar-refractivity contribution < 1.29 is 4.74 Å². The molecule has 1 aromatic carbocycles. The van der Waals surface area contributed by atoms with E-state index < -0.39 is 0 Å². The van der Waals surface area contributed by atoms with Gasteiger partial charge in [-0.25, -0.2) is 0 Å². The second-order valence-electron chi connectivity index (χ2n) is 3.81. The third kappa shape index (κ3) is 2.27. The van der Waals surface area contributed by atoms with Crippen molar-refractivity contribution in [2.75, 3.05) is 13.7 Å². The lowest BCUT2D eigenvalue weighted by Gasteiger charge is -2.20. The molecule has 0 saturated carbocycles. The van der Waals surface area contributed by atoms with E-state index in [9.17, 15) is 0 Å². The number of hydrogen-bond acceptors (Lipinski definition) is 2. The van der Waals surface area contributed by atoms with Crippen molar-refractivity contribution in [2.45, 2.75) is 12.8 Å². The number of allylic oxidation sites excluding steroid dienone is 2. The van der Waals surface area contributed by atoms with Gasteiger partial charge in [-0.15, -0.1) is 0 Å². The molecule has 0 saturated heterocycles. The second kappa shape index (κ2) is 4.88. The highest BCUT2D eigenvalue weighted by molar-refractivity contribution is 5.35. The SMILES string of the molecule is CCN1C=CC(c2ccc(OC)cc2)C=C1. The fourth-order valence-corrected chi connectivity index (χ4v) is 1.78. The van der Waals surface area contributed by atoms with Crippen LogP contribution in [-0.2, 0) is 0 Å². The van der Waals surface area contributed by atoms with Crippen LogP contribution in [0.3, 0.4) is 0 Å².